The second-order valence-electron chi connectivity index (χ2n) is 3.99. The average Bonchev–Trinajstić information content (AvgIpc) is 2.33. The van der Waals surface area contributed by atoms with Gasteiger partial charge in [-0.05, 0) is 36.1 Å². The van der Waals surface area contributed by atoms with Gasteiger partial charge in [0.1, 0.15) is 5.82 Å². The van der Waals surface area contributed by atoms with Gasteiger partial charge in [0, 0.05) is 7.11 Å². The summed E-state index contributed by atoms with van der Waals surface area (Å²) in [7, 11) is 1.69. The number of methoxy groups -OCH3 is 1. The molecule has 1 atom stereocenters. The summed E-state index contributed by atoms with van der Waals surface area (Å²) in [5, 5.41) is 0. The van der Waals surface area contributed by atoms with Crippen LogP contribution in [0.25, 0.3) is 5.57 Å². The van der Waals surface area contributed by atoms with Crippen molar-refractivity contribution < 1.29 is 9.13 Å². The Morgan fingerprint density at radius 3 is 2.75 bits per heavy atom. The summed E-state index contributed by atoms with van der Waals surface area (Å²) >= 11 is 0. The minimum atomic E-state index is -0.152. The molecule has 2 heteroatoms. The molecule has 0 fully saturated rings. The summed E-state index contributed by atoms with van der Waals surface area (Å²) in [5.41, 5.74) is 2.67. The highest BCUT2D eigenvalue weighted by molar-refractivity contribution is 5.75. The van der Waals surface area contributed by atoms with Crippen LogP contribution in [0.15, 0.2) is 36.4 Å². The van der Waals surface area contributed by atoms with Crippen LogP contribution in [0.1, 0.15) is 17.5 Å². The molecule has 0 aromatic heterocycles. The molecule has 1 aliphatic carbocycles. The smallest absolute Gasteiger partial charge is 0.126 e. The lowest BCUT2D eigenvalue weighted by Gasteiger charge is -2.15. The maximum absolute atomic E-state index is 13.4. The lowest BCUT2D eigenvalue weighted by Crippen LogP contribution is -2.08. The molecular weight excluding hydrogens is 203 g/mol. The molecule has 0 aliphatic heterocycles. The zero-order chi connectivity index (χ0) is 11.5. The minimum absolute atomic E-state index is 0.152. The van der Waals surface area contributed by atoms with E-state index in [-0.39, 0.29) is 11.9 Å². The van der Waals surface area contributed by atoms with Crippen LogP contribution in [-0.2, 0) is 4.74 Å². The molecule has 0 saturated carbocycles. The largest absolute Gasteiger partial charge is 0.377 e. The fourth-order valence-electron chi connectivity index (χ4n) is 1.76. The Morgan fingerprint density at radius 2 is 2.19 bits per heavy atom. The van der Waals surface area contributed by atoms with E-state index >= 15 is 0 Å². The lowest BCUT2D eigenvalue weighted by molar-refractivity contribution is 0.143. The van der Waals surface area contributed by atoms with E-state index in [0.29, 0.717) is 5.56 Å². The molecule has 16 heavy (non-hydrogen) atoms. The summed E-state index contributed by atoms with van der Waals surface area (Å²) in [5.74, 6) is -0.152. The normalized spacial score (nSPS) is 19.7. The van der Waals surface area contributed by atoms with Crippen LogP contribution >= 0.6 is 0 Å². The standard InChI is InChI=1S/C14H15FO/c1-10-3-4-12(9-14(10)15)11-5-7-13(16-2)8-6-11/h3-7,9,13H,8H2,1-2H3. The summed E-state index contributed by atoms with van der Waals surface area (Å²) < 4.78 is 18.6. The van der Waals surface area contributed by atoms with Gasteiger partial charge in [-0.2, -0.15) is 0 Å². The minimum Gasteiger partial charge on any atom is -0.377 e. The molecule has 1 unspecified atom stereocenters. The Hall–Kier alpha value is -1.41. The molecule has 1 aliphatic rings. The predicted octanol–water partition coefficient (Wildman–Crippen LogP) is 3.49. The fourth-order valence-corrected chi connectivity index (χ4v) is 1.76. The highest BCUT2D eigenvalue weighted by atomic mass is 19.1. The average molecular weight is 218 g/mol. The van der Waals surface area contributed by atoms with Crippen LogP contribution in [0.4, 0.5) is 4.39 Å². The van der Waals surface area contributed by atoms with Gasteiger partial charge in [-0.25, -0.2) is 4.39 Å². The van der Waals surface area contributed by atoms with Crippen molar-refractivity contribution in [2.45, 2.75) is 19.4 Å². The molecule has 84 valence electrons. The molecule has 0 amide bonds. The fraction of sp³-hybridized carbons (Fsp3) is 0.286. The number of hydrogen-bond donors (Lipinski definition) is 0. The Labute approximate surface area is 95.2 Å². The zero-order valence-corrected chi connectivity index (χ0v) is 9.53. The van der Waals surface area contributed by atoms with Crippen molar-refractivity contribution in [3.63, 3.8) is 0 Å². The number of rotatable bonds is 2. The topological polar surface area (TPSA) is 9.23 Å². The maximum Gasteiger partial charge on any atom is 0.126 e. The highest BCUT2D eigenvalue weighted by Gasteiger charge is 2.09. The van der Waals surface area contributed by atoms with Crippen molar-refractivity contribution >= 4 is 5.57 Å². The van der Waals surface area contributed by atoms with Crippen molar-refractivity contribution in [3.8, 4) is 0 Å². The second kappa shape index (κ2) is 4.62. The molecule has 1 aromatic carbocycles. The summed E-state index contributed by atoms with van der Waals surface area (Å²) in [6.07, 6.45) is 7.07. The molecular formula is C14H15FO. The van der Waals surface area contributed by atoms with Gasteiger partial charge in [0.05, 0.1) is 6.10 Å². The van der Waals surface area contributed by atoms with Crippen molar-refractivity contribution in [2.24, 2.45) is 0 Å². The van der Waals surface area contributed by atoms with Gasteiger partial charge in [-0.1, -0.05) is 30.4 Å². The van der Waals surface area contributed by atoms with Crippen LogP contribution in [0.2, 0.25) is 0 Å². The van der Waals surface area contributed by atoms with Crippen molar-refractivity contribution in [3.05, 3.63) is 53.4 Å². The second-order valence-corrected chi connectivity index (χ2v) is 3.99. The van der Waals surface area contributed by atoms with Gasteiger partial charge in [-0.15, -0.1) is 0 Å². The van der Waals surface area contributed by atoms with Gasteiger partial charge in [0.2, 0.25) is 0 Å². The number of hydrogen-bond acceptors (Lipinski definition) is 1. The SMILES string of the molecule is COC1C=CC(c2ccc(C)c(F)c2)=CC1. The molecule has 1 aromatic rings. The molecule has 1 nitrogen and oxygen atoms in total. The lowest BCUT2D eigenvalue weighted by atomic mass is 9.97. The van der Waals surface area contributed by atoms with E-state index in [1.54, 1.807) is 20.1 Å². The maximum atomic E-state index is 13.4. The van der Waals surface area contributed by atoms with Crippen molar-refractivity contribution in [1.29, 1.82) is 0 Å². The molecule has 0 bridgehead atoms. The van der Waals surface area contributed by atoms with E-state index in [2.05, 4.69) is 6.08 Å². The Balaban J connectivity index is 2.23. The van der Waals surface area contributed by atoms with Gasteiger partial charge < -0.3 is 4.74 Å². The number of aryl methyl sites for hydroxylation is 1. The Kier molecular flexibility index (Phi) is 3.20. The molecule has 0 spiro atoms. The number of ether oxygens (including phenoxy) is 1. The highest BCUT2D eigenvalue weighted by Crippen LogP contribution is 2.23. The van der Waals surface area contributed by atoms with E-state index in [1.165, 1.54) is 0 Å². The van der Waals surface area contributed by atoms with Crippen LogP contribution in [0, 0.1) is 12.7 Å². The Bertz CT molecular complexity index is 446. The van der Waals surface area contributed by atoms with Gasteiger partial charge in [0.15, 0.2) is 0 Å². The predicted molar refractivity (Wildman–Crippen MR) is 63.7 cm³/mol. The third-order valence-corrected chi connectivity index (χ3v) is 2.87. The first-order valence-corrected chi connectivity index (χ1v) is 5.38. The summed E-state index contributed by atoms with van der Waals surface area (Å²) in [6.45, 7) is 1.77. The number of allylic oxidation sites excluding steroid dienone is 2. The number of benzene rings is 1. The quantitative estimate of drug-likeness (QED) is 0.738. The first-order chi connectivity index (χ1) is 7.70. The van der Waals surface area contributed by atoms with E-state index in [1.807, 2.05) is 24.3 Å². The first-order valence-electron chi connectivity index (χ1n) is 5.38. The third kappa shape index (κ3) is 2.22. The molecule has 0 saturated heterocycles. The van der Waals surface area contributed by atoms with Crippen LogP contribution < -0.4 is 0 Å². The summed E-state index contributed by atoms with van der Waals surface area (Å²) in [4.78, 5) is 0. The van der Waals surface area contributed by atoms with Crippen molar-refractivity contribution in [2.75, 3.05) is 7.11 Å². The van der Waals surface area contributed by atoms with Gasteiger partial charge in [-0.3, -0.25) is 0 Å². The van der Waals surface area contributed by atoms with E-state index < -0.39 is 0 Å². The third-order valence-electron chi connectivity index (χ3n) is 2.87. The van der Waals surface area contributed by atoms with Gasteiger partial charge in [0.25, 0.3) is 0 Å². The number of halogens is 1. The Morgan fingerprint density at radius 1 is 1.38 bits per heavy atom. The van der Waals surface area contributed by atoms with Crippen LogP contribution in [0.5, 0.6) is 0 Å². The van der Waals surface area contributed by atoms with Crippen LogP contribution in [-0.4, -0.2) is 13.2 Å². The van der Waals surface area contributed by atoms with E-state index in [0.717, 1.165) is 17.6 Å². The van der Waals surface area contributed by atoms with Crippen LogP contribution in [0.3, 0.4) is 0 Å². The molecule has 0 radical (unpaired) electrons. The summed E-state index contributed by atoms with van der Waals surface area (Å²) in [6, 6.07) is 5.34. The first kappa shape index (κ1) is 11.1. The molecule has 2 rings (SSSR count). The molecule has 0 heterocycles. The monoisotopic (exact) mass is 218 g/mol. The zero-order valence-electron chi connectivity index (χ0n) is 9.53. The van der Waals surface area contributed by atoms with E-state index in [4.69, 9.17) is 4.74 Å². The molecule has 0 N–H and O–H groups in total. The van der Waals surface area contributed by atoms with Gasteiger partial charge >= 0.3 is 0 Å². The van der Waals surface area contributed by atoms with E-state index in [9.17, 15) is 4.39 Å². The van der Waals surface area contributed by atoms with Crippen molar-refractivity contribution in [1.82, 2.24) is 0 Å².